The number of amides is 1. The van der Waals surface area contributed by atoms with Gasteiger partial charge in [0.1, 0.15) is 11.5 Å². The number of carbonyl (C=O) groups is 1. The number of nitrogens with zero attached hydrogens (tertiary/aromatic N) is 2. The van der Waals surface area contributed by atoms with Gasteiger partial charge >= 0.3 is 0 Å². The Balaban J connectivity index is 1.58. The normalized spacial score (nSPS) is 11.1. The third-order valence-electron chi connectivity index (χ3n) is 5.30. The van der Waals surface area contributed by atoms with E-state index in [-0.39, 0.29) is 17.0 Å². The monoisotopic (exact) mass is 473 g/mol. The van der Waals surface area contributed by atoms with Crippen LogP contribution in [-0.4, -0.2) is 15.9 Å². The molecule has 0 radical (unpaired) electrons. The number of carbonyl (C=O) groups excluding carboxylic acids is 1. The zero-order valence-electron chi connectivity index (χ0n) is 17.3. The Bertz CT molecular complexity index is 1500. The molecule has 2 heterocycles. The van der Waals surface area contributed by atoms with Crippen LogP contribution in [0.15, 0.2) is 78.9 Å². The van der Waals surface area contributed by atoms with Gasteiger partial charge in [0, 0.05) is 26.8 Å². The first kappa shape index (κ1) is 21.2. The van der Waals surface area contributed by atoms with Crippen molar-refractivity contribution in [2.45, 2.75) is 6.42 Å². The molecule has 3 aromatic carbocycles. The minimum atomic E-state index is -0.751. The molecule has 2 N–H and O–H groups in total. The van der Waals surface area contributed by atoms with Gasteiger partial charge < -0.3 is 5.73 Å². The van der Waals surface area contributed by atoms with Crippen molar-refractivity contribution in [3.63, 3.8) is 0 Å². The molecular formula is C26H17ClFN3OS. The largest absolute Gasteiger partial charge is 0.364 e. The number of primary amides is 1. The van der Waals surface area contributed by atoms with E-state index in [4.69, 9.17) is 17.3 Å². The lowest BCUT2D eigenvalue weighted by atomic mass is 10.1. The first-order valence-corrected chi connectivity index (χ1v) is 11.4. The molecule has 0 atom stereocenters. The number of aromatic nitrogens is 2. The highest BCUT2D eigenvalue weighted by Gasteiger charge is 2.19. The molecule has 4 nitrogen and oxygen atoms in total. The predicted octanol–water partition coefficient (Wildman–Crippen LogP) is 6.51. The van der Waals surface area contributed by atoms with E-state index in [0.717, 1.165) is 20.9 Å². The summed E-state index contributed by atoms with van der Waals surface area (Å²) in [6, 6.07) is 23.7. The number of thiophene rings is 1. The van der Waals surface area contributed by atoms with Gasteiger partial charge in [-0.3, -0.25) is 4.79 Å². The van der Waals surface area contributed by atoms with Gasteiger partial charge in [0.15, 0.2) is 5.69 Å². The molecule has 33 heavy (non-hydrogen) atoms. The smallest absolute Gasteiger partial charge is 0.269 e. The van der Waals surface area contributed by atoms with Crippen LogP contribution in [0.1, 0.15) is 20.9 Å². The first-order chi connectivity index (χ1) is 16.0. The number of fused-ring (bicyclic) bond motifs is 1. The summed E-state index contributed by atoms with van der Waals surface area (Å²) < 4.78 is 14.5. The van der Waals surface area contributed by atoms with Crippen LogP contribution >= 0.6 is 22.9 Å². The van der Waals surface area contributed by atoms with Crippen LogP contribution in [-0.2, 0) is 6.42 Å². The molecule has 0 saturated heterocycles. The van der Waals surface area contributed by atoms with Gasteiger partial charge in [-0.05, 0) is 53.6 Å². The molecule has 0 fully saturated rings. The van der Waals surface area contributed by atoms with Crippen LogP contribution in [0.5, 0.6) is 0 Å². The van der Waals surface area contributed by atoms with E-state index in [1.807, 2.05) is 36.4 Å². The molecule has 1 amide bonds. The van der Waals surface area contributed by atoms with Crippen LogP contribution in [0, 0.1) is 5.82 Å². The zero-order valence-corrected chi connectivity index (χ0v) is 18.8. The number of rotatable bonds is 5. The van der Waals surface area contributed by atoms with E-state index in [2.05, 4.69) is 22.1 Å². The average molecular weight is 474 g/mol. The van der Waals surface area contributed by atoms with Crippen LogP contribution in [0.25, 0.3) is 32.7 Å². The fourth-order valence-corrected chi connectivity index (χ4v) is 4.88. The van der Waals surface area contributed by atoms with Crippen molar-refractivity contribution in [1.82, 2.24) is 9.97 Å². The lowest BCUT2D eigenvalue weighted by Gasteiger charge is -2.11. The summed E-state index contributed by atoms with van der Waals surface area (Å²) in [4.78, 5) is 23.5. The molecule has 5 aromatic rings. The summed E-state index contributed by atoms with van der Waals surface area (Å²) in [6.07, 6.45) is 0.622. The van der Waals surface area contributed by atoms with Crippen LogP contribution < -0.4 is 5.73 Å². The average Bonchev–Trinajstić information content (AvgIpc) is 3.28. The van der Waals surface area contributed by atoms with Crippen molar-refractivity contribution in [1.29, 1.82) is 0 Å². The van der Waals surface area contributed by atoms with Crippen molar-refractivity contribution < 1.29 is 9.18 Å². The Morgan fingerprint density at radius 3 is 2.48 bits per heavy atom. The molecule has 0 aliphatic heterocycles. The number of halogens is 2. The maximum Gasteiger partial charge on any atom is 0.269 e. The Hall–Kier alpha value is -3.61. The molecule has 0 spiro atoms. The summed E-state index contributed by atoms with van der Waals surface area (Å²) in [5.41, 5.74) is 9.02. The second-order valence-electron chi connectivity index (χ2n) is 7.50. The Kier molecular flexibility index (Phi) is 5.62. The van der Waals surface area contributed by atoms with Crippen molar-refractivity contribution in [2.75, 3.05) is 0 Å². The molecule has 0 bridgehead atoms. The van der Waals surface area contributed by atoms with E-state index in [1.54, 1.807) is 35.6 Å². The quantitative estimate of drug-likeness (QED) is 0.316. The Morgan fingerprint density at radius 1 is 0.939 bits per heavy atom. The number of benzene rings is 3. The molecule has 0 saturated carbocycles. The van der Waals surface area contributed by atoms with Gasteiger partial charge in [-0.25, -0.2) is 14.4 Å². The van der Waals surface area contributed by atoms with Gasteiger partial charge in [0.25, 0.3) is 5.91 Å². The minimum absolute atomic E-state index is 0.0501. The van der Waals surface area contributed by atoms with Crippen LogP contribution in [0.3, 0.4) is 0 Å². The number of hydrogen-bond donors (Lipinski definition) is 1. The lowest BCUT2D eigenvalue weighted by Crippen LogP contribution is -2.16. The molecule has 2 aromatic heterocycles. The summed E-state index contributed by atoms with van der Waals surface area (Å²) >= 11 is 7.68. The minimum Gasteiger partial charge on any atom is -0.364 e. The standard InChI is InChI=1S/C26H17ClFN3OS/c27-17-10-8-15(9-11-17)22-13-12-18(33-22)14-16-4-3-7-21-23(16)31-24(25(30-21)26(29)32)19-5-1-2-6-20(19)28/h1-13H,14H2,(H2,29,32). The second-order valence-corrected chi connectivity index (χ2v) is 9.10. The maximum absolute atomic E-state index is 14.5. The topological polar surface area (TPSA) is 68.9 Å². The summed E-state index contributed by atoms with van der Waals surface area (Å²) in [5.74, 6) is -1.24. The van der Waals surface area contributed by atoms with E-state index in [0.29, 0.717) is 22.5 Å². The van der Waals surface area contributed by atoms with Crippen LogP contribution in [0.4, 0.5) is 4.39 Å². The third kappa shape index (κ3) is 4.23. The van der Waals surface area contributed by atoms with Crippen molar-refractivity contribution in [2.24, 2.45) is 5.73 Å². The maximum atomic E-state index is 14.5. The second kappa shape index (κ2) is 8.73. The van der Waals surface area contributed by atoms with Crippen LogP contribution in [0.2, 0.25) is 5.02 Å². The van der Waals surface area contributed by atoms with Gasteiger partial charge in [-0.15, -0.1) is 11.3 Å². The SMILES string of the molecule is NC(=O)c1nc2cccc(Cc3ccc(-c4ccc(Cl)cc4)s3)c2nc1-c1ccccc1F. The first-order valence-electron chi connectivity index (χ1n) is 10.2. The van der Waals surface area contributed by atoms with Crippen molar-refractivity contribution >= 4 is 39.9 Å². The molecular weight excluding hydrogens is 457 g/mol. The van der Waals surface area contributed by atoms with Crippen molar-refractivity contribution in [3.05, 3.63) is 106 Å². The number of hydrogen-bond acceptors (Lipinski definition) is 4. The van der Waals surface area contributed by atoms with Gasteiger partial charge in [0.05, 0.1) is 11.0 Å². The summed E-state index contributed by atoms with van der Waals surface area (Å²) in [7, 11) is 0. The highest BCUT2D eigenvalue weighted by Crippen LogP contribution is 2.32. The van der Waals surface area contributed by atoms with Gasteiger partial charge in [-0.1, -0.05) is 48.0 Å². The molecule has 0 unspecified atom stereocenters. The zero-order chi connectivity index (χ0) is 22.9. The highest BCUT2D eigenvalue weighted by atomic mass is 35.5. The highest BCUT2D eigenvalue weighted by molar-refractivity contribution is 7.15. The Morgan fingerprint density at radius 2 is 1.73 bits per heavy atom. The third-order valence-corrected chi connectivity index (χ3v) is 6.68. The molecule has 0 aliphatic rings. The Labute approximate surface area is 198 Å². The van der Waals surface area contributed by atoms with E-state index in [9.17, 15) is 9.18 Å². The van der Waals surface area contributed by atoms with E-state index < -0.39 is 11.7 Å². The van der Waals surface area contributed by atoms with Gasteiger partial charge in [0.2, 0.25) is 0 Å². The molecule has 0 aliphatic carbocycles. The fourth-order valence-electron chi connectivity index (χ4n) is 3.72. The lowest BCUT2D eigenvalue weighted by molar-refractivity contribution is 0.0996. The van der Waals surface area contributed by atoms with Crippen molar-refractivity contribution in [3.8, 4) is 21.7 Å². The predicted molar refractivity (Wildman–Crippen MR) is 131 cm³/mol. The fraction of sp³-hybridized carbons (Fsp3) is 0.0385. The molecule has 7 heteroatoms. The number of nitrogens with two attached hydrogens (primary N) is 1. The molecule has 5 rings (SSSR count). The van der Waals surface area contributed by atoms with Gasteiger partial charge in [-0.2, -0.15) is 0 Å². The van der Waals surface area contributed by atoms with E-state index in [1.165, 1.54) is 6.07 Å². The van der Waals surface area contributed by atoms with E-state index >= 15 is 0 Å². The number of para-hydroxylation sites is 1. The molecule has 162 valence electrons. The summed E-state index contributed by atoms with van der Waals surface area (Å²) in [5, 5.41) is 0.700. The summed E-state index contributed by atoms with van der Waals surface area (Å²) in [6.45, 7) is 0.